The van der Waals surface area contributed by atoms with Gasteiger partial charge in [-0.15, -0.1) is 0 Å². The number of aliphatic hydroxyl groups is 2. The summed E-state index contributed by atoms with van der Waals surface area (Å²) in [7, 11) is 0. The summed E-state index contributed by atoms with van der Waals surface area (Å²) in [5.41, 5.74) is -0.831. The first kappa shape index (κ1) is 43.9. The molecule has 1 aromatic rings. The molecule has 2 saturated heterocycles. The van der Waals surface area contributed by atoms with Crippen LogP contribution in [0, 0.1) is 17.3 Å². The number of aliphatic hydroxyl groups excluding tert-OH is 2. The smallest absolute Gasteiger partial charge is 0.348 e. The van der Waals surface area contributed by atoms with Crippen LogP contribution in [0.1, 0.15) is 102 Å². The van der Waals surface area contributed by atoms with Gasteiger partial charge in [0.1, 0.15) is 36.6 Å². The molecule has 7 unspecified atom stereocenters. The summed E-state index contributed by atoms with van der Waals surface area (Å²) in [6.07, 6.45) is 2.64. The quantitative estimate of drug-likeness (QED) is 0.107. The van der Waals surface area contributed by atoms with E-state index in [0.717, 1.165) is 31.8 Å². The van der Waals surface area contributed by atoms with Gasteiger partial charge in [-0.3, -0.25) is 14.4 Å². The Labute approximate surface area is 343 Å². The van der Waals surface area contributed by atoms with Crippen LogP contribution < -0.4 is 10.6 Å². The second-order valence-corrected chi connectivity index (χ2v) is 17.8. The van der Waals surface area contributed by atoms with Crippen LogP contribution >= 0.6 is 0 Å². The van der Waals surface area contributed by atoms with Gasteiger partial charge in [0.2, 0.25) is 17.9 Å². The van der Waals surface area contributed by atoms with Gasteiger partial charge >= 0.3 is 23.9 Å². The lowest BCUT2D eigenvalue weighted by Crippen LogP contribution is -2.55. The third-order valence-electron chi connectivity index (χ3n) is 11.0. The van der Waals surface area contributed by atoms with E-state index < -0.39 is 102 Å². The number of hydrogen-bond acceptors (Lipinski definition) is 14. The summed E-state index contributed by atoms with van der Waals surface area (Å²) in [5.74, 6) is -4.77. The Hall–Kier alpha value is -4.64. The molecule has 322 valence electrons. The molecule has 5 aliphatic rings. The van der Waals surface area contributed by atoms with Gasteiger partial charge in [-0.1, -0.05) is 32.0 Å². The molecule has 16 nitrogen and oxygen atoms in total. The van der Waals surface area contributed by atoms with Gasteiger partial charge in [0.05, 0.1) is 24.3 Å². The highest BCUT2D eigenvalue weighted by Crippen LogP contribution is 2.59. The predicted molar refractivity (Wildman–Crippen MR) is 208 cm³/mol. The molecule has 6 rings (SSSR count). The van der Waals surface area contributed by atoms with Crippen molar-refractivity contribution in [2.75, 3.05) is 13.2 Å². The molecule has 4 N–H and O–H groups in total. The van der Waals surface area contributed by atoms with Crippen LogP contribution in [0.2, 0.25) is 0 Å². The highest BCUT2D eigenvalue weighted by atomic mass is 16.8. The molecular weight excluding hydrogens is 768 g/mol. The van der Waals surface area contributed by atoms with Crippen molar-refractivity contribution in [1.29, 1.82) is 0 Å². The third kappa shape index (κ3) is 10.6. The molecular formula is C43H56N2O14. The van der Waals surface area contributed by atoms with Gasteiger partial charge in [-0.25, -0.2) is 14.4 Å². The maximum atomic E-state index is 14.0. The Morgan fingerprint density at radius 2 is 1.68 bits per heavy atom. The molecule has 1 aromatic carbocycles. The second-order valence-electron chi connectivity index (χ2n) is 17.8. The largest absolute Gasteiger partial charge is 0.462 e. The number of hydrogen-bond donors (Lipinski definition) is 4. The molecule has 16 heteroatoms. The van der Waals surface area contributed by atoms with E-state index in [1.165, 1.54) is 19.1 Å². The first-order valence-corrected chi connectivity index (χ1v) is 20.3. The third-order valence-corrected chi connectivity index (χ3v) is 11.0. The van der Waals surface area contributed by atoms with E-state index in [-0.39, 0.29) is 48.8 Å². The molecule has 0 aromatic heterocycles. The Morgan fingerprint density at radius 3 is 2.27 bits per heavy atom. The van der Waals surface area contributed by atoms with Gasteiger partial charge in [0.25, 0.3) is 0 Å². The predicted octanol–water partition coefficient (Wildman–Crippen LogP) is 2.82. The average Bonchev–Trinajstić information content (AvgIpc) is 4.12. The molecule has 2 saturated carbocycles. The highest BCUT2D eigenvalue weighted by Gasteiger charge is 2.64. The van der Waals surface area contributed by atoms with Crippen molar-refractivity contribution in [3.05, 3.63) is 53.1 Å². The van der Waals surface area contributed by atoms with E-state index in [1.54, 1.807) is 58.9 Å². The Kier molecular flexibility index (Phi) is 13.0. The second kappa shape index (κ2) is 17.5. The van der Waals surface area contributed by atoms with Crippen LogP contribution in [-0.4, -0.2) is 113 Å². The summed E-state index contributed by atoms with van der Waals surface area (Å²) >= 11 is 0. The van der Waals surface area contributed by atoms with Crippen molar-refractivity contribution in [2.45, 2.75) is 140 Å². The maximum Gasteiger partial charge on any atom is 0.348 e. The van der Waals surface area contributed by atoms with Gasteiger partial charge in [-0.05, 0) is 83.6 Å². The number of esters is 4. The number of fused-ring (bicyclic) bond motifs is 1. The van der Waals surface area contributed by atoms with Gasteiger partial charge in [0, 0.05) is 41.7 Å². The number of amides is 2. The lowest BCUT2D eigenvalue weighted by Gasteiger charge is -2.32. The van der Waals surface area contributed by atoms with Crippen LogP contribution in [-0.2, 0) is 52.4 Å². The van der Waals surface area contributed by atoms with Crippen molar-refractivity contribution in [2.24, 2.45) is 17.3 Å². The Balaban J connectivity index is 1.17. The van der Waals surface area contributed by atoms with E-state index >= 15 is 0 Å². The standard InChI is InChI=1S/C43H56N2O14/c1-23(47)34(38(51)44-28(21-46)16-18-33(49)58-41(2,3)4)45-37(50)25-19-30(35-31(20-25)57-43(59-35,26-12-13-26)27-14-15-27)55-39(52)29-10-8-7-9-24(29)11-17-32(48)56-36-40(53)54-22-42(36,5)6/h7-11,17,20,23,26-28,30-31,34-36,46-47H,12-16,18-19,21-22H2,1-6H3,(H,44,51)(H,45,50). The minimum Gasteiger partial charge on any atom is -0.462 e. The molecule has 3 aliphatic carbocycles. The molecule has 0 bridgehead atoms. The minimum absolute atomic E-state index is 0.0538. The summed E-state index contributed by atoms with van der Waals surface area (Å²) in [6.45, 7) is 9.61. The van der Waals surface area contributed by atoms with E-state index in [0.29, 0.717) is 5.56 Å². The molecule has 4 fully saturated rings. The zero-order valence-electron chi connectivity index (χ0n) is 34.4. The zero-order valence-corrected chi connectivity index (χ0v) is 34.4. The molecule has 2 aliphatic heterocycles. The number of rotatable bonds is 16. The average molecular weight is 825 g/mol. The fourth-order valence-electron chi connectivity index (χ4n) is 7.67. The van der Waals surface area contributed by atoms with Crippen LogP contribution in [0.4, 0.5) is 0 Å². The Morgan fingerprint density at radius 1 is 1.00 bits per heavy atom. The number of benzene rings is 1. The lowest BCUT2D eigenvalue weighted by atomic mass is 9.90. The van der Waals surface area contributed by atoms with Gasteiger partial charge < -0.3 is 49.3 Å². The normalized spacial score (nSPS) is 26.1. The van der Waals surface area contributed by atoms with Crippen LogP contribution in [0.3, 0.4) is 0 Å². The first-order valence-electron chi connectivity index (χ1n) is 20.3. The molecule has 59 heavy (non-hydrogen) atoms. The number of carbonyl (C=O) groups excluding carboxylic acids is 6. The fraction of sp³-hybridized carbons (Fsp3) is 0.628. The minimum atomic E-state index is -1.45. The number of nitrogens with one attached hydrogen (secondary N) is 2. The zero-order chi connectivity index (χ0) is 42.9. The number of cyclic esters (lactones) is 1. The molecule has 0 spiro atoms. The van der Waals surface area contributed by atoms with Gasteiger partial charge in [0.15, 0.2) is 5.79 Å². The first-order chi connectivity index (χ1) is 27.8. The van der Waals surface area contributed by atoms with Crippen molar-refractivity contribution in [1.82, 2.24) is 10.6 Å². The SMILES string of the molecule is CC(O)C(NC(=O)C1=CC2OC(C3CC3)(C3CC3)OC2C(OC(=O)c2ccccc2C=CC(=O)OC2C(=O)OCC2(C)C)C1)C(=O)NC(CO)CCC(=O)OC(C)(C)C. The molecule has 0 radical (unpaired) electrons. The summed E-state index contributed by atoms with van der Waals surface area (Å²) in [4.78, 5) is 78.5. The molecule has 7 atom stereocenters. The van der Waals surface area contributed by atoms with Crippen molar-refractivity contribution < 1.29 is 67.4 Å². The van der Waals surface area contributed by atoms with Crippen molar-refractivity contribution in [3.63, 3.8) is 0 Å². The van der Waals surface area contributed by atoms with E-state index in [9.17, 15) is 39.0 Å². The number of ether oxygens (including phenoxy) is 6. The Bertz CT molecular complexity index is 1840. The topological polar surface area (TPSA) is 222 Å². The highest BCUT2D eigenvalue weighted by molar-refractivity contribution is 5.98. The van der Waals surface area contributed by atoms with Crippen LogP contribution in [0.5, 0.6) is 0 Å². The monoisotopic (exact) mass is 824 g/mol. The molecule has 2 amide bonds. The summed E-state index contributed by atoms with van der Waals surface area (Å²) < 4.78 is 35.2. The van der Waals surface area contributed by atoms with E-state index in [1.807, 2.05) is 0 Å². The maximum absolute atomic E-state index is 14.0. The summed E-state index contributed by atoms with van der Waals surface area (Å²) in [5, 5.41) is 25.8. The van der Waals surface area contributed by atoms with Crippen molar-refractivity contribution in [3.8, 4) is 0 Å². The molecule has 2 heterocycles. The fourth-order valence-corrected chi connectivity index (χ4v) is 7.67. The van der Waals surface area contributed by atoms with Crippen LogP contribution in [0.25, 0.3) is 6.08 Å². The van der Waals surface area contributed by atoms with E-state index in [4.69, 9.17) is 28.4 Å². The van der Waals surface area contributed by atoms with Gasteiger partial charge in [-0.2, -0.15) is 0 Å². The number of carbonyl (C=O) groups is 6. The van der Waals surface area contributed by atoms with E-state index in [2.05, 4.69) is 10.6 Å². The van der Waals surface area contributed by atoms with Crippen molar-refractivity contribution >= 4 is 41.8 Å². The lowest BCUT2D eigenvalue weighted by molar-refractivity contribution is -0.209. The summed E-state index contributed by atoms with van der Waals surface area (Å²) in [6, 6.07) is 4.12. The van der Waals surface area contributed by atoms with Crippen LogP contribution in [0.15, 0.2) is 42.0 Å².